The van der Waals surface area contributed by atoms with Crippen LogP contribution in [0, 0.1) is 0 Å². The summed E-state index contributed by atoms with van der Waals surface area (Å²) in [4.78, 5) is 13.0. The van der Waals surface area contributed by atoms with Crippen molar-refractivity contribution >= 4 is 22.9 Å². The molecule has 0 aliphatic heterocycles. The zero-order chi connectivity index (χ0) is 13.5. The number of hydrogen-bond donors (Lipinski definition) is 3. The van der Waals surface area contributed by atoms with E-state index in [0.717, 1.165) is 12.2 Å². The molecule has 5 heteroatoms. The van der Waals surface area contributed by atoms with Gasteiger partial charge in [0.1, 0.15) is 0 Å². The Bertz CT molecular complexity index is 526. The highest BCUT2D eigenvalue weighted by atomic mass is 32.1. The monoisotopic (exact) mass is 276 g/mol. The highest BCUT2D eigenvalue weighted by Crippen LogP contribution is 2.14. The molecule has 1 aromatic heterocycles. The fraction of sp³-hybridized carbons (Fsp3) is 0.214. The van der Waals surface area contributed by atoms with E-state index < -0.39 is 0 Å². The van der Waals surface area contributed by atoms with E-state index in [1.54, 1.807) is 23.5 Å². The number of carbonyl (C=O) groups is 1. The normalized spacial score (nSPS) is 10.2. The van der Waals surface area contributed by atoms with Gasteiger partial charge in [-0.2, -0.15) is 0 Å². The second-order valence-electron chi connectivity index (χ2n) is 3.99. The molecule has 4 nitrogen and oxygen atoms in total. The van der Waals surface area contributed by atoms with Gasteiger partial charge in [0.15, 0.2) is 0 Å². The maximum atomic E-state index is 11.7. The van der Waals surface area contributed by atoms with Crippen LogP contribution in [0.25, 0.3) is 0 Å². The van der Waals surface area contributed by atoms with E-state index in [4.69, 9.17) is 5.11 Å². The summed E-state index contributed by atoms with van der Waals surface area (Å²) in [5.41, 5.74) is 1.50. The Hall–Kier alpha value is -1.85. The standard InChI is InChI=1S/C14H16N2O2S/c17-7-6-15-14(18)11-3-1-4-12(9-11)16-10-13-5-2-8-19-13/h1-5,8-9,16-17H,6-7,10H2,(H,15,18). The summed E-state index contributed by atoms with van der Waals surface area (Å²) in [6, 6.07) is 11.4. The van der Waals surface area contributed by atoms with Gasteiger partial charge in [0.05, 0.1) is 6.61 Å². The lowest BCUT2D eigenvalue weighted by Gasteiger charge is -2.07. The lowest BCUT2D eigenvalue weighted by molar-refractivity contribution is 0.0945. The van der Waals surface area contributed by atoms with Crippen molar-refractivity contribution in [1.82, 2.24) is 5.32 Å². The first-order valence-corrected chi connectivity index (χ1v) is 6.93. The first kappa shape index (κ1) is 13.6. The average Bonchev–Trinajstić information content (AvgIpc) is 2.96. The van der Waals surface area contributed by atoms with Crippen LogP contribution in [0.4, 0.5) is 5.69 Å². The number of aliphatic hydroxyl groups is 1. The van der Waals surface area contributed by atoms with Gasteiger partial charge in [-0.1, -0.05) is 12.1 Å². The molecule has 0 spiro atoms. The average molecular weight is 276 g/mol. The van der Waals surface area contributed by atoms with Gasteiger partial charge in [0.2, 0.25) is 0 Å². The van der Waals surface area contributed by atoms with Crippen LogP contribution < -0.4 is 10.6 Å². The molecule has 0 aliphatic carbocycles. The van der Waals surface area contributed by atoms with Gasteiger partial charge >= 0.3 is 0 Å². The van der Waals surface area contributed by atoms with Gasteiger partial charge in [-0.25, -0.2) is 0 Å². The minimum atomic E-state index is -0.172. The van der Waals surface area contributed by atoms with Crippen LogP contribution in [0.3, 0.4) is 0 Å². The largest absolute Gasteiger partial charge is 0.395 e. The molecule has 0 saturated carbocycles. The molecule has 0 bridgehead atoms. The fourth-order valence-electron chi connectivity index (χ4n) is 1.64. The molecule has 0 fully saturated rings. The van der Waals surface area contributed by atoms with E-state index in [9.17, 15) is 4.79 Å². The zero-order valence-corrected chi connectivity index (χ0v) is 11.2. The molecule has 0 unspecified atom stereocenters. The molecular weight excluding hydrogens is 260 g/mol. The van der Waals surface area contributed by atoms with Crippen molar-refractivity contribution < 1.29 is 9.90 Å². The summed E-state index contributed by atoms with van der Waals surface area (Å²) in [5, 5.41) is 16.6. The predicted molar refractivity (Wildman–Crippen MR) is 77.5 cm³/mol. The van der Waals surface area contributed by atoms with E-state index in [0.29, 0.717) is 5.56 Å². The number of aliphatic hydroxyl groups excluding tert-OH is 1. The van der Waals surface area contributed by atoms with Gasteiger partial charge in [0.25, 0.3) is 5.91 Å². The second-order valence-corrected chi connectivity index (χ2v) is 5.03. The maximum absolute atomic E-state index is 11.7. The number of benzene rings is 1. The summed E-state index contributed by atoms with van der Waals surface area (Å²) in [6.45, 7) is 0.965. The van der Waals surface area contributed by atoms with Crippen molar-refractivity contribution in [1.29, 1.82) is 0 Å². The molecule has 2 aromatic rings. The lowest BCUT2D eigenvalue weighted by atomic mass is 10.2. The van der Waals surface area contributed by atoms with Crippen molar-refractivity contribution in [2.24, 2.45) is 0 Å². The van der Waals surface area contributed by atoms with Crippen LogP contribution in [0.5, 0.6) is 0 Å². The van der Waals surface area contributed by atoms with Gasteiger partial charge in [-0.05, 0) is 29.6 Å². The summed E-state index contributed by atoms with van der Waals surface area (Å²) in [6.07, 6.45) is 0. The molecule has 1 aromatic carbocycles. The number of anilines is 1. The molecule has 0 atom stereocenters. The predicted octanol–water partition coefficient (Wildman–Crippen LogP) is 2.08. The fourth-order valence-corrected chi connectivity index (χ4v) is 2.29. The number of hydrogen-bond acceptors (Lipinski definition) is 4. The van der Waals surface area contributed by atoms with Gasteiger partial charge in [0, 0.05) is 29.2 Å². The highest BCUT2D eigenvalue weighted by molar-refractivity contribution is 7.09. The van der Waals surface area contributed by atoms with Crippen LogP contribution in [-0.4, -0.2) is 24.2 Å². The Labute approximate surface area is 116 Å². The zero-order valence-electron chi connectivity index (χ0n) is 10.4. The Kier molecular flexibility index (Phi) is 4.94. The molecule has 2 rings (SSSR count). The van der Waals surface area contributed by atoms with Gasteiger partial charge in [-0.15, -0.1) is 11.3 Å². The maximum Gasteiger partial charge on any atom is 0.251 e. The molecule has 0 aliphatic rings. The van der Waals surface area contributed by atoms with Crippen LogP contribution in [0.2, 0.25) is 0 Å². The highest BCUT2D eigenvalue weighted by Gasteiger charge is 2.05. The van der Waals surface area contributed by atoms with Crippen LogP contribution >= 0.6 is 11.3 Å². The third-order valence-electron chi connectivity index (χ3n) is 2.57. The first-order chi connectivity index (χ1) is 9.29. The summed E-state index contributed by atoms with van der Waals surface area (Å²) < 4.78 is 0. The second kappa shape index (κ2) is 6.92. The van der Waals surface area contributed by atoms with Gasteiger partial charge < -0.3 is 15.7 Å². The van der Waals surface area contributed by atoms with Crippen molar-refractivity contribution in [3.63, 3.8) is 0 Å². The minimum absolute atomic E-state index is 0.0535. The van der Waals surface area contributed by atoms with Crippen molar-refractivity contribution in [3.8, 4) is 0 Å². The first-order valence-electron chi connectivity index (χ1n) is 6.05. The van der Waals surface area contributed by atoms with Crippen molar-refractivity contribution in [3.05, 3.63) is 52.2 Å². The van der Waals surface area contributed by atoms with E-state index in [2.05, 4.69) is 16.7 Å². The number of nitrogens with one attached hydrogen (secondary N) is 2. The van der Waals surface area contributed by atoms with Crippen LogP contribution in [-0.2, 0) is 6.54 Å². The minimum Gasteiger partial charge on any atom is -0.395 e. The molecule has 1 amide bonds. The number of rotatable bonds is 6. The molecule has 19 heavy (non-hydrogen) atoms. The molecular formula is C14H16N2O2S. The Morgan fingerprint density at radius 1 is 1.26 bits per heavy atom. The summed E-state index contributed by atoms with van der Waals surface area (Å²) in [5.74, 6) is -0.172. The van der Waals surface area contributed by atoms with Crippen molar-refractivity contribution in [2.75, 3.05) is 18.5 Å². The Morgan fingerprint density at radius 3 is 2.89 bits per heavy atom. The topological polar surface area (TPSA) is 61.4 Å². The van der Waals surface area contributed by atoms with E-state index in [1.807, 2.05) is 23.6 Å². The molecule has 1 heterocycles. The molecule has 100 valence electrons. The molecule has 0 saturated heterocycles. The van der Waals surface area contributed by atoms with E-state index in [1.165, 1.54) is 4.88 Å². The van der Waals surface area contributed by atoms with Crippen LogP contribution in [0.15, 0.2) is 41.8 Å². The lowest BCUT2D eigenvalue weighted by Crippen LogP contribution is -2.26. The van der Waals surface area contributed by atoms with Crippen LogP contribution in [0.1, 0.15) is 15.2 Å². The molecule has 0 radical (unpaired) electrons. The smallest absolute Gasteiger partial charge is 0.251 e. The summed E-state index contributed by atoms with van der Waals surface area (Å²) >= 11 is 1.69. The quantitative estimate of drug-likeness (QED) is 0.757. The van der Waals surface area contributed by atoms with E-state index >= 15 is 0 Å². The Morgan fingerprint density at radius 2 is 2.16 bits per heavy atom. The summed E-state index contributed by atoms with van der Waals surface area (Å²) in [7, 11) is 0. The Balaban J connectivity index is 1.96. The van der Waals surface area contributed by atoms with Gasteiger partial charge in [-0.3, -0.25) is 4.79 Å². The van der Waals surface area contributed by atoms with Crippen molar-refractivity contribution in [2.45, 2.75) is 6.54 Å². The molecule has 3 N–H and O–H groups in total. The number of carbonyl (C=O) groups excluding carboxylic acids is 1. The number of amides is 1. The SMILES string of the molecule is O=C(NCCO)c1cccc(NCc2cccs2)c1. The van der Waals surface area contributed by atoms with E-state index in [-0.39, 0.29) is 19.1 Å². The number of thiophene rings is 1. The third kappa shape index (κ3) is 4.08. The third-order valence-corrected chi connectivity index (χ3v) is 3.45.